The minimum absolute atomic E-state index is 0.218. The lowest BCUT2D eigenvalue weighted by Gasteiger charge is -2.10. The average molecular weight is 331 g/mol. The maximum absolute atomic E-state index is 12.4. The highest BCUT2D eigenvalue weighted by Gasteiger charge is 2.30. The number of aromatic nitrogens is 2. The highest BCUT2D eigenvalue weighted by molar-refractivity contribution is 8.00. The van der Waals surface area contributed by atoms with Crippen molar-refractivity contribution in [3.05, 3.63) is 35.7 Å². The number of halogens is 3. The zero-order valence-corrected chi connectivity index (χ0v) is 12.5. The molecule has 0 saturated carbocycles. The molecule has 0 bridgehead atoms. The molecule has 0 fully saturated rings. The molecule has 0 radical (unpaired) electrons. The average Bonchev–Trinajstić information content (AvgIpc) is 2.83. The van der Waals surface area contributed by atoms with Crippen LogP contribution in [0.5, 0.6) is 0 Å². The van der Waals surface area contributed by atoms with E-state index < -0.39 is 17.0 Å². The first-order valence-corrected chi connectivity index (χ1v) is 7.08. The highest BCUT2D eigenvalue weighted by atomic mass is 32.2. The molecule has 0 unspecified atom stereocenters. The van der Waals surface area contributed by atoms with E-state index in [0.717, 1.165) is 24.0 Å². The van der Waals surface area contributed by atoms with Crippen molar-refractivity contribution in [3.8, 4) is 0 Å². The lowest BCUT2D eigenvalue weighted by molar-refractivity contribution is -0.137. The summed E-state index contributed by atoms with van der Waals surface area (Å²) in [7, 11) is 0. The van der Waals surface area contributed by atoms with Crippen molar-refractivity contribution < 1.29 is 22.5 Å². The predicted octanol–water partition coefficient (Wildman–Crippen LogP) is 3.52. The smallest absolute Gasteiger partial charge is 0.338 e. The Hall–Kier alpha value is -2.03. The number of carbonyl (C=O) groups is 1. The molecule has 22 heavy (non-hydrogen) atoms. The van der Waals surface area contributed by atoms with Gasteiger partial charge in [-0.15, -0.1) is 0 Å². The van der Waals surface area contributed by atoms with Crippen LogP contribution in [0.1, 0.15) is 18.2 Å². The number of hydrogen-bond acceptors (Lipinski definition) is 5. The van der Waals surface area contributed by atoms with Crippen molar-refractivity contribution in [1.82, 2.24) is 10.1 Å². The van der Waals surface area contributed by atoms with E-state index in [0.29, 0.717) is 10.7 Å². The number of rotatable bonds is 4. The molecule has 1 N–H and O–H groups in total. The largest absolute Gasteiger partial charge is 0.417 e. The van der Waals surface area contributed by atoms with Crippen LogP contribution in [0.3, 0.4) is 0 Å². The van der Waals surface area contributed by atoms with Crippen molar-refractivity contribution >= 4 is 23.6 Å². The molecule has 0 aromatic carbocycles. The van der Waals surface area contributed by atoms with Crippen LogP contribution in [0.2, 0.25) is 0 Å². The van der Waals surface area contributed by atoms with Crippen molar-refractivity contribution in [1.29, 1.82) is 0 Å². The zero-order chi connectivity index (χ0) is 16.3. The second kappa shape index (κ2) is 6.39. The lowest BCUT2D eigenvalue weighted by Crippen LogP contribution is -2.22. The second-order valence-corrected chi connectivity index (χ2v) is 5.83. The van der Waals surface area contributed by atoms with Gasteiger partial charge in [-0.3, -0.25) is 10.1 Å². The minimum atomic E-state index is -4.43. The van der Waals surface area contributed by atoms with E-state index in [-0.39, 0.29) is 11.8 Å². The Morgan fingerprint density at radius 3 is 2.64 bits per heavy atom. The maximum atomic E-state index is 12.4. The first kappa shape index (κ1) is 16.3. The molecule has 2 aromatic rings. The fourth-order valence-corrected chi connectivity index (χ4v) is 2.29. The summed E-state index contributed by atoms with van der Waals surface area (Å²) in [6.07, 6.45) is -3.68. The first-order chi connectivity index (χ1) is 10.3. The molecule has 0 saturated heterocycles. The Morgan fingerprint density at radius 1 is 1.41 bits per heavy atom. The van der Waals surface area contributed by atoms with E-state index in [4.69, 9.17) is 4.52 Å². The van der Waals surface area contributed by atoms with Gasteiger partial charge in [0.05, 0.1) is 21.5 Å². The summed E-state index contributed by atoms with van der Waals surface area (Å²) in [6.45, 7) is 3.33. The van der Waals surface area contributed by atoms with Gasteiger partial charge in [0.15, 0.2) is 0 Å². The monoisotopic (exact) mass is 331 g/mol. The molecule has 118 valence electrons. The SMILES string of the molecule is Cc1cc(NC(=O)[C@@H](C)Sc2ccc(C(F)(F)F)cn2)on1. The summed E-state index contributed by atoms with van der Waals surface area (Å²) >= 11 is 1.04. The van der Waals surface area contributed by atoms with Crippen LogP contribution < -0.4 is 5.32 Å². The number of thioether (sulfide) groups is 1. The third kappa shape index (κ3) is 4.23. The molecule has 0 aliphatic rings. The van der Waals surface area contributed by atoms with Gasteiger partial charge in [0, 0.05) is 12.3 Å². The number of amides is 1. The summed E-state index contributed by atoms with van der Waals surface area (Å²) in [5.41, 5.74) is -0.203. The van der Waals surface area contributed by atoms with Gasteiger partial charge < -0.3 is 4.52 Å². The number of pyridine rings is 1. The fourth-order valence-electron chi connectivity index (χ4n) is 1.50. The van der Waals surface area contributed by atoms with Crippen molar-refractivity contribution in [2.75, 3.05) is 5.32 Å². The van der Waals surface area contributed by atoms with Crippen LogP contribution in [0.15, 0.2) is 33.9 Å². The minimum Gasteiger partial charge on any atom is -0.338 e. The summed E-state index contributed by atoms with van der Waals surface area (Å²) < 4.78 is 42.1. The molecule has 0 aliphatic carbocycles. The van der Waals surface area contributed by atoms with Crippen LogP contribution in [0.4, 0.5) is 19.1 Å². The van der Waals surface area contributed by atoms with Gasteiger partial charge in [-0.05, 0) is 26.0 Å². The van der Waals surface area contributed by atoms with Crippen molar-refractivity contribution in [2.45, 2.75) is 30.3 Å². The molecular weight excluding hydrogens is 319 g/mol. The lowest BCUT2D eigenvalue weighted by atomic mass is 10.3. The van der Waals surface area contributed by atoms with E-state index in [9.17, 15) is 18.0 Å². The summed E-state index contributed by atoms with van der Waals surface area (Å²) in [5.74, 6) is -0.141. The Balaban J connectivity index is 1.96. The van der Waals surface area contributed by atoms with E-state index in [1.807, 2.05) is 0 Å². The molecule has 0 aliphatic heterocycles. The van der Waals surface area contributed by atoms with Gasteiger partial charge in [0.2, 0.25) is 11.8 Å². The molecule has 1 amide bonds. The second-order valence-electron chi connectivity index (χ2n) is 4.46. The topological polar surface area (TPSA) is 68.0 Å². The highest BCUT2D eigenvalue weighted by Crippen LogP contribution is 2.30. The van der Waals surface area contributed by atoms with Crippen LogP contribution in [-0.4, -0.2) is 21.3 Å². The fraction of sp³-hybridized carbons (Fsp3) is 0.308. The Labute approximate surface area is 128 Å². The maximum Gasteiger partial charge on any atom is 0.417 e. The number of carbonyl (C=O) groups excluding carboxylic acids is 1. The predicted molar refractivity (Wildman–Crippen MR) is 74.4 cm³/mol. The van der Waals surface area contributed by atoms with Crippen LogP contribution in [0.25, 0.3) is 0 Å². The summed E-state index contributed by atoms with van der Waals surface area (Å²) in [5, 5.41) is 5.91. The van der Waals surface area contributed by atoms with Crippen LogP contribution >= 0.6 is 11.8 Å². The molecule has 2 heterocycles. The molecule has 2 rings (SSSR count). The van der Waals surface area contributed by atoms with Gasteiger partial charge in [-0.1, -0.05) is 16.9 Å². The normalized spacial score (nSPS) is 13.0. The number of nitrogens with zero attached hydrogens (tertiary/aromatic N) is 2. The quantitative estimate of drug-likeness (QED) is 0.868. The van der Waals surface area contributed by atoms with Crippen LogP contribution in [-0.2, 0) is 11.0 Å². The third-order valence-corrected chi connectivity index (χ3v) is 3.66. The van der Waals surface area contributed by atoms with Gasteiger partial charge in [0.25, 0.3) is 0 Å². The van der Waals surface area contributed by atoms with Crippen LogP contribution in [0, 0.1) is 6.92 Å². The Bertz CT molecular complexity index is 655. The van der Waals surface area contributed by atoms with Gasteiger partial charge in [0.1, 0.15) is 0 Å². The number of anilines is 1. The van der Waals surface area contributed by atoms with E-state index in [1.165, 1.54) is 6.07 Å². The summed E-state index contributed by atoms with van der Waals surface area (Å²) in [4.78, 5) is 15.6. The zero-order valence-electron chi connectivity index (χ0n) is 11.6. The Kier molecular flexibility index (Phi) is 4.74. The number of hydrogen-bond donors (Lipinski definition) is 1. The van der Waals surface area contributed by atoms with E-state index in [2.05, 4.69) is 15.5 Å². The Morgan fingerprint density at radius 2 is 2.14 bits per heavy atom. The molecule has 5 nitrogen and oxygen atoms in total. The molecule has 2 aromatic heterocycles. The van der Waals surface area contributed by atoms with Gasteiger partial charge in [-0.2, -0.15) is 13.2 Å². The number of alkyl halides is 3. The van der Waals surface area contributed by atoms with Crippen molar-refractivity contribution in [3.63, 3.8) is 0 Å². The van der Waals surface area contributed by atoms with Crippen molar-refractivity contribution in [2.24, 2.45) is 0 Å². The standard InChI is InChI=1S/C13H12F3N3O2S/c1-7-5-10(21-19-7)18-12(20)8(2)22-11-4-3-9(6-17-11)13(14,15)16/h3-6,8H,1-2H3,(H,18,20)/t8-/m1/s1. The summed E-state index contributed by atoms with van der Waals surface area (Å²) in [6, 6.07) is 3.72. The third-order valence-electron chi connectivity index (χ3n) is 2.60. The molecular formula is C13H12F3N3O2S. The number of aryl methyl sites for hydroxylation is 1. The number of nitrogens with one attached hydrogen (secondary N) is 1. The van der Waals surface area contributed by atoms with Gasteiger partial charge >= 0.3 is 6.18 Å². The van der Waals surface area contributed by atoms with E-state index >= 15 is 0 Å². The van der Waals surface area contributed by atoms with Gasteiger partial charge in [-0.25, -0.2) is 4.98 Å². The molecule has 9 heteroatoms. The first-order valence-electron chi connectivity index (χ1n) is 6.20. The molecule has 1 atom stereocenters. The molecule has 0 spiro atoms. The van der Waals surface area contributed by atoms with E-state index in [1.54, 1.807) is 19.9 Å².